The van der Waals surface area contributed by atoms with Crippen molar-refractivity contribution in [2.45, 2.75) is 88.5 Å². The zero-order valence-corrected chi connectivity index (χ0v) is 41.6. The Morgan fingerprint density at radius 1 is 0.537 bits per heavy atom. The van der Waals surface area contributed by atoms with Gasteiger partial charge in [-0.05, 0) is 169 Å². The molecular weight excluding hydrogens is 805 g/mol. The third-order valence-electron chi connectivity index (χ3n) is 13.8. The molecule has 0 aromatic heterocycles. The van der Waals surface area contributed by atoms with Crippen LogP contribution in [0.2, 0.25) is 0 Å². The Balaban J connectivity index is 0.00000329. The SMILES string of the molecule is C=C(/C=C\c1ccc(/C=C\C(=C(/C)CC)c2cccc3ccccc23)c(C)c1C)c1ccc(/C(C)=C/C=c2/ccc3ccc(-c4cccc5ccccc45)c(CC)c3/c2=C(/C)CC)cc1.CC. The summed E-state index contributed by atoms with van der Waals surface area (Å²) in [6.07, 6.45) is 16.5. The van der Waals surface area contributed by atoms with Gasteiger partial charge in [-0.3, -0.25) is 0 Å². The Bertz CT molecular complexity index is 3350. The lowest BCUT2D eigenvalue weighted by molar-refractivity contribution is 1.11. The van der Waals surface area contributed by atoms with E-state index in [0.717, 1.165) is 30.4 Å². The van der Waals surface area contributed by atoms with Crippen molar-refractivity contribution in [2.24, 2.45) is 0 Å². The molecule has 0 unspecified atom stereocenters. The van der Waals surface area contributed by atoms with Gasteiger partial charge in [0.05, 0.1) is 0 Å². The highest BCUT2D eigenvalue weighted by molar-refractivity contribution is 6.02. The molecule has 67 heavy (non-hydrogen) atoms. The number of hydrogen-bond donors (Lipinski definition) is 0. The molecule has 0 saturated carbocycles. The van der Waals surface area contributed by atoms with Gasteiger partial charge in [0.25, 0.3) is 0 Å². The zero-order valence-electron chi connectivity index (χ0n) is 41.6. The largest absolute Gasteiger partial charge is 0.0912 e. The molecule has 0 heteroatoms. The monoisotopic (exact) mass is 873 g/mol. The molecule has 0 saturated heterocycles. The van der Waals surface area contributed by atoms with Crippen LogP contribution in [0.3, 0.4) is 0 Å². The molecule has 0 radical (unpaired) electrons. The van der Waals surface area contributed by atoms with Crippen LogP contribution in [0, 0.1) is 13.8 Å². The first kappa shape index (κ1) is 47.9. The van der Waals surface area contributed by atoms with Crippen LogP contribution in [0.25, 0.3) is 84.0 Å². The fourth-order valence-electron chi connectivity index (χ4n) is 9.42. The van der Waals surface area contributed by atoms with Gasteiger partial charge in [0.2, 0.25) is 0 Å². The van der Waals surface area contributed by atoms with Crippen LogP contribution in [0.5, 0.6) is 0 Å². The normalized spacial score (nSPS) is 13.1. The van der Waals surface area contributed by atoms with E-state index >= 15 is 0 Å². The summed E-state index contributed by atoms with van der Waals surface area (Å²) in [5.74, 6) is 0. The van der Waals surface area contributed by atoms with Gasteiger partial charge in [-0.2, -0.15) is 0 Å². The van der Waals surface area contributed by atoms with Gasteiger partial charge < -0.3 is 0 Å². The van der Waals surface area contributed by atoms with Crippen LogP contribution < -0.4 is 10.4 Å². The molecule has 0 N–H and O–H groups in total. The van der Waals surface area contributed by atoms with Crippen molar-refractivity contribution in [1.82, 2.24) is 0 Å². The first-order chi connectivity index (χ1) is 32.6. The highest BCUT2D eigenvalue weighted by Gasteiger charge is 2.14. The van der Waals surface area contributed by atoms with E-state index < -0.39 is 0 Å². The summed E-state index contributed by atoms with van der Waals surface area (Å²) < 4.78 is 0. The van der Waals surface area contributed by atoms with Crippen LogP contribution in [-0.4, -0.2) is 0 Å². The van der Waals surface area contributed by atoms with Crippen LogP contribution in [-0.2, 0) is 6.42 Å². The fourth-order valence-corrected chi connectivity index (χ4v) is 9.42. The lowest BCUT2D eigenvalue weighted by atomic mass is 9.88. The van der Waals surface area contributed by atoms with Crippen LogP contribution in [0.15, 0.2) is 176 Å². The van der Waals surface area contributed by atoms with Gasteiger partial charge in [0, 0.05) is 0 Å². The lowest BCUT2D eigenvalue weighted by Gasteiger charge is -2.16. The Morgan fingerprint density at radius 2 is 1.12 bits per heavy atom. The quantitative estimate of drug-likeness (QED) is 0.107. The number of allylic oxidation sites excluding steroid dienone is 7. The second kappa shape index (κ2) is 22.0. The van der Waals surface area contributed by atoms with E-state index in [4.69, 9.17) is 0 Å². The minimum absolute atomic E-state index is 0.958. The van der Waals surface area contributed by atoms with E-state index in [1.165, 1.54) is 115 Å². The number of hydrogen-bond acceptors (Lipinski definition) is 0. The van der Waals surface area contributed by atoms with Crippen molar-refractivity contribution >= 4 is 72.8 Å². The van der Waals surface area contributed by atoms with Crippen molar-refractivity contribution in [3.63, 3.8) is 0 Å². The summed E-state index contributed by atoms with van der Waals surface area (Å²) >= 11 is 0. The number of rotatable bonds is 12. The van der Waals surface area contributed by atoms with Crippen molar-refractivity contribution < 1.29 is 0 Å². The Labute approximate surface area is 401 Å². The van der Waals surface area contributed by atoms with Gasteiger partial charge in [-0.15, -0.1) is 0 Å². The summed E-state index contributed by atoms with van der Waals surface area (Å²) in [4.78, 5) is 0. The minimum atomic E-state index is 0.958. The van der Waals surface area contributed by atoms with E-state index in [2.05, 4.69) is 244 Å². The molecular formula is C67H68. The van der Waals surface area contributed by atoms with E-state index in [1.807, 2.05) is 13.8 Å². The third kappa shape index (κ3) is 10.2. The van der Waals surface area contributed by atoms with Crippen molar-refractivity contribution in [3.05, 3.63) is 231 Å². The molecule has 8 rings (SSSR count). The summed E-state index contributed by atoms with van der Waals surface area (Å²) in [6, 6.07) is 53.3. The molecule has 0 aliphatic heterocycles. The molecule has 8 aromatic carbocycles. The number of fused-ring (bicyclic) bond motifs is 3. The van der Waals surface area contributed by atoms with Crippen molar-refractivity contribution in [2.75, 3.05) is 0 Å². The summed E-state index contributed by atoms with van der Waals surface area (Å²) in [5, 5.41) is 10.5. The van der Waals surface area contributed by atoms with Crippen molar-refractivity contribution in [3.8, 4) is 11.1 Å². The van der Waals surface area contributed by atoms with E-state index in [0.29, 0.717) is 0 Å². The highest BCUT2D eigenvalue weighted by atomic mass is 14.2. The smallest absolute Gasteiger partial charge is 0.00678 e. The maximum Gasteiger partial charge on any atom is -0.00678 e. The molecule has 0 atom stereocenters. The van der Waals surface area contributed by atoms with E-state index in [1.54, 1.807) is 0 Å². The van der Waals surface area contributed by atoms with Crippen LogP contribution in [0.4, 0.5) is 0 Å². The predicted octanol–water partition coefficient (Wildman–Crippen LogP) is 18.1. The van der Waals surface area contributed by atoms with Gasteiger partial charge in [0.15, 0.2) is 0 Å². The minimum Gasteiger partial charge on any atom is -0.0912 e. The van der Waals surface area contributed by atoms with E-state index in [9.17, 15) is 0 Å². The molecule has 0 amide bonds. The molecule has 336 valence electrons. The molecule has 0 nitrogen and oxygen atoms in total. The topological polar surface area (TPSA) is 0 Å². The summed E-state index contributed by atoms with van der Waals surface area (Å²) in [5.41, 5.74) is 19.0. The maximum atomic E-state index is 4.47. The predicted molar refractivity (Wildman–Crippen MR) is 301 cm³/mol. The standard InChI is InChI=1S/C65H62.C2H6/c1-10-43(4)58(61-25-17-21-53-19-13-15-23-59(53)61)41-39-52-36-35-51(47(8)48(52)9)29-27-45(6)49-31-33-50(34-32-49)46(7)28-30-55-37-38-56-40-42-63(57(12-3)65(56)64(55)44(5)11-2)62-26-18-22-54-20-14-16-24-60(54)62;1-2/h13-42H,6,10-12H2,1-5,7-9H3;1-2H3/b29-27-,41-39-,46-28+,55-30-,58-43-,64-44-;. The first-order valence-electron chi connectivity index (χ1n) is 24.5. The van der Waals surface area contributed by atoms with Crippen molar-refractivity contribution in [1.29, 1.82) is 0 Å². The Morgan fingerprint density at radius 3 is 1.78 bits per heavy atom. The van der Waals surface area contributed by atoms with Gasteiger partial charge in [-0.1, -0.05) is 234 Å². The van der Waals surface area contributed by atoms with Gasteiger partial charge >= 0.3 is 0 Å². The average molecular weight is 873 g/mol. The van der Waals surface area contributed by atoms with Crippen LogP contribution in [0.1, 0.15) is 113 Å². The van der Waals surface area contributed by atoms with Gasteiger partial charge in [-0.25, -0.2) is 0 Å². The molecule has 0 fully saturated rings. The molecule has 8 aromatic rings. The highest BCUT2D eigenvalue weighted by Crippen LogP contribution is 2.35. The lowest BCUT2D eigenvalue weighted by Crippen LogP contribution is -2.28. The Kier molecular flexibility index (Phi) is 15.7. The number of aryl methyl sites for hydroxylation is 1. The van der Waals surface area contributed by atoms with Crippen LogP contribution >= 0.6 is 0 Å². The first-order valence-corrected chi connectivity index (χ1v) is 24.5. The average Bonchev–Trinajstić information content (AvgIpc) is 3.38. The maximum absolute atomic E-state index is 4.47. The summed E-state index contributed by atoms with van der Waals surface area (Å²) in [7, 11) is 0. The summed E-state index contributed by atoms with van der Waals surface area (Å²) in [6.45, 7) is 26.5. The molecule has 0 bridgehead atoms. The van der Waals surface area contributed by atoms with E-state index in [-0.39, 0.29) is 0 Å². The molecule has 0 heterocycles. The Hall–Kier alpha value is -7.02. The number of benzene rings is 8. The second-order valence-electron chi connectivity index (χ2n) is 17.6. The third-order valence-corrected chi connectivity index (χ3v) is 13.8. The molecule has 0 aliphatic carbocycles. The molecule has 0 aliphatic rings. The second-order valence-corrected chi connectivity index (χ2v) is 17.6. The molecule has 0 spiro atoms. The fraction of sp³-hybridized carbons (Fsp3) is 0.194. The van der Waals surface area contributed by atoms with Gasteiger partial charge in [0.1, 0.15) is 0 Å². The zero-order chi connectivity index (χ0) is 47.6.